The number of aromatic nitrogens is 3. The number of aryl methyl sites for hydroxylation is 1. The molecule has 1 saturated heterocycles. The summed E-state index contributed by atoms with van der Waals surface area (Å²) in [4.78, 5) is 15.8. The van der Waals surface area contributed by atoms with E-state index in [4.69, 9.17) is 9.47 Å². The Hall–Kier alpha value is -3.79. The van der Waals surface area contributed by atoms with Gasteiger partial charge in [-0.2, -0.15) is 9.97 Å². The number of phenols is 1. The molecule has 1 unspecified atom stereocenters. The van der Waals surface area contributed by atoms with Crippen molar-refractivity contribution in [2.75, 3.05) is 39.7 Å². The van der Waals surface area contributed by atoms with Crippen LogP contribution in [0.25, 0.3) is 32.9 Å². The Balaban J connectivity index is 1.71. The van der Waals surface area contributed by atoms with Gasteiger partial charge in [0.05, 0.1) is 12.6 Å². The quantitative estimate of drug-likeness (QED) is 0.258. The van der Waals surface area contributed by atoms with Crippen molar-refractivity contribution in [3.63, 3.8) is 0 Å². The van der Waals surface area contributed by atoms with E-state index < -0.39 is 11.6 Å². The Morgan fingerprint density at radius 2 is 1.93 bits per heavy atom. The lowest BCUT2D eigenvalue weighted by Gasteiger charge is -2.35. The first-order chi connectivity index (χ1) is 19.3. The molecule has 5 rings (SSSR count). The summed E-state index contributed by atoms with van der Waals surface area (Å²) < 4.78 is 43.1. The van der Waals surface area contributed by atoms with Crippen LogP contribution >= 0.6 is 0 Å². The van der Waals surface area contributed by atoms with Crippen molar-refractivity contribution in [2.24, 2.45) is 0 Å². The molecule has 0 aliphatic carbocycles. The molecule has 8 nitrogen and oxygen atoms in total. The van der Waals surface area contributed by atoms with Gasteiger partial charge < -0.3 is 19.9 Å². The predicted octanol–water partition coefficient (Wildman–Crippen LogP) is 6.08. The van der Waals surface area contributed by atoms with E-state index in [1.165, 1.54) is 25.3 Å². The van der Waals surface area contributed by atoms with Gasteiger partial charge in [-0.15, -0.1) is 0 Å². The van der Waals surface area contributed by atoms with E-state index in [-0.39, 0.29) is 45.3 Å². The van der Waals surface area contributed by atoms with E-state index in [1.807, 2.05) is 6.92 Å². The molecule has 2 aromatic heterocycles. The Morgan fingerprint density at radius 3 is 2.58 bits per heavy atom. The van der Waals surface area contributed by atoms with Crippen LogP contribution in [0, 0.1) is 11.6 Å². The van der Waals surface area contributed by atoms with Gasteiger partial charge in [-0.1, -0.05) is 26.3 Å². The Morgan fingerprint density at radius 1 is 1.12 bits per heavy atom. The van der Waals surface area contributed by atoms with Crippen molar-refractivity contribution in [1.82, 2.24) is 19.9 Å². The van der Waals surface area contributed by atoms with Crippen LogP contribution in [0.3, 0.4) is 0 Å². The molecule has 212 valence electrons. The van der Waals surface area contributed by atoms with Crippen LogP contribution in [-0.2, 0) is 6.42 Å². The first-order valence-electron chi connectivity index (χ1n) is 13.7. The van der Waals surface area contributed by atoms with Crippen molar-refractivity contribution in [2.45, 2.75) is 51.5 Å². The number of hydrogen-bond acceptors (Lipinski definition) is 8. The smallest absolute Gasteiger partial charge is 0.319 e. The maximum atomic E-state index is 16.5. The third kappa shape index (κ3) is 4.64. The van der Waals surface area contributed by atoms with Gasteiger partial charge in [0.2, 0.25) is 5.88 Å². The molecule has 2 aromatic carbocycles. The number of fused-ring (bicyclic) bond motifs is 2. The molecule has 1 atom stereocenters. The van der Waals surface area contributed by atoms with E-state index in [9.17, 15) is 9.50 Å². The molecule has 10 heteroatoms. The second-order valence-electron chi connectivity index (χ2n) is 10.4. The minimum Gasteiger partial charge on any atom is -0.508 e. The van der Waals surface area contributed by atoms with Crippen LogP contribution in [0.5, 0.6) is 17.6 Å². The van der Waals surface area contributed by atoms with Crippen LogP contribution in [0.1, 0.15) is 45.1 Å². The lowest BCUT2D eigenvalue weighted by molar-refractivity contribution is 0.0828. The van der Waals surface area contributed by atoms with Crippen LogP contribution in [-0.4, -0.2) is 64.9 Å². The number of ether oxygens (including phenoxy) is 2. The standard InChI is InChI=1S/C30H35F2N5O3/c1-6-11-30(12-8-13-37(30)4)16-40-29-35-26-23(27(33-3)36-29)28(39-5)34-25(24(26)32)20-15-18(38)14-17-9-10-21(31)19(7-2)22(17)20/h9-10,14-15,38H,6-8,11-13,16H2,1-5H3,(H,33,35,36). The number of likely N-dealkylation sites (tertiary alicyclic amines) is 1. The molecule has 0 bridgehead atoms. The number of nitrogens with zero attached hydrogens (tertiary/aromatic N) is 4. The Bertz CT molecular complexity index is 1580. The third-order valence-corrected chi connectivity index (χ3v) is 8.05. The zero-order chi connectivity index (χ0) is 28.6. The molecule has 0 amide bonds. The average molecular weight is 552 g/mol. The van der Waals surface area contributed by atoms with Crippen molar-refractivity contribution in [3.05, 3.63) is 41.5 Å². The van der Waals surface area contributed by atoms with Crippen molar-refractivity contribution >= 4 is 27.5 Å². The average Bonchev–Trinajstić information content (AvgIpc) is 3.31. The summed E-state index contributed by atoms with van der Waals surface area (Å²) in [5.41, 5.74) is 0.345. The summed E-state index contributed by atoms with van der Waals surface area (Å²) in [6.45, 7) is 5.33. The molecule has 1 aliphatic rings. The van der Waals surface area contributed by atoms with Crippen molar-refractivity contribution in [3.8, 4) is 28.9 Å². The lowest BCUT2D eigenvalue weighted by Crippen LogP contribution is -2.46. The molecule has 2 N–H and O–H groups in total. The van der Waals surface area contributed by atoms with E-state index in [1.54, 1.807) is 13.1 Å². The second-order valence-corrected chi connectivity index (χ2v) is 10.4. The van der Waals surface area contributed by atoms with Gasteiger partial charge >= 0.3 is 6.01 Å². The summed E-state index contributed by atoms with van der Waals surface area (Å²) in [5.74, 6) is -0.866. The number of nitrogens with one attached hydrogen (secondary N) is 1. The summed E-state index contributed by atoms with van der Waals surface area (Å²) >= 11 is 0. The molecule has 1 aliphatic heterocycles. The fourth-order valence-electron chi connectivity index (χ4n) is 6.03. The predicted molar refractivity (Wildman–Crippen MR) is 152 cm³/mol. The minimum absolute atomic E-state index is 0.0341. The number of aromatic hydroxyl groups is 1. The Labute approximate surface area is 232 Å². The molecule has 4 aromatic rings. The number of halogens is 2. The van der Waals surface area contributed by atoms with Crippen LogP contribution < -0.4 is 14.8 Å². The fourth-order valence-corrected chi connectivity index (χ4v) is 6.03. The molecule has 0 saturated carbocycles. The highest BCUT2D eigenvalue weighted by molar-refractivity contribution is 6.03. The van der Waals surface area contributed by atoms with E-state index in [0.29, 0.717) is 35.2 Å². The number of benzene rings is 2. The van der Waals surface area contributed by atoms with Gasteiger partial charge in [0, 0.05) is 12.6 Å². The Kier molecular flexibility index (Phi) is 7.63. The first kappa shape index (κ1) is 27.8. The van der Waals surface area contributed by atoms with Gasteiger partial charge in [0.15, 0.2) is 5.82 Å². The highest BCUT2D eigenvalue weighted by atomic mass is 19.1. The van der Waals surface area contributed by atoms with Crippen molar-refractivity contribution < 1.29 is 23.4 Å². The maximum Gasteiger partial charge on any atom is 0.319 e. The van der Waals surface area contributed by atoms with Crippen LogP contribution in [0.2, 0.25) is 0 Å². The first-order valence-corrected chi connectivity index (χ1v) is 13.7. The topological polar surface area (TPSA) is 92.6 Å². The molecule has 3 heterocycles. The number of rotatable bonds is 9. The van der Waals surface area contributed by atoms with E-state index in [0.717, 1.165) is 32.2 Å². The fraction of sp³-hybridized carbons (Fsp3) is 0.433. The highest BCUT2D eigenvalue weighted by Gasteiger charge is 2.39. The molecular formula is C30H35F2N5O3. The summed E-state index contributed by atoms with van der Waals surface area (Å²) in [5, 5.41) is 14.8. The van der Waals surface area contributed by atoms with Gasteiger partial charge in [-0.05, 0) is 73.8 Å². The monoisotopic (exact) mass is 551 g/mol. The summed E-state index contributed by atoms with van der Waals surface area (Å²) in [7, 11) is 5.19. The van der Waals surface area contributed by atoms with Gasteiger partial charge in [-0.25, -0.2) is 13.8 Å². The largest absolute Gasteiger partial charge is 0.508 e. The number of hydrogen-bond donors (Lipinski definition) is 2. The molecule has 0 radical (unpaired) electrons. The minimum atomic E-state index is -0.751. The summed E-state index contributed by atoms with van der Waals surface area (Å²) in [6.07, 6.45) is 4.42. The molecule has 1 fully saturated rings. The van der Waals surface area contributed by atoms with Gasteiger partial charge in [-0.3, -0.25) is 4.90 Å². The second kappa shape index (κ2) is 11.0. The number of likely N-dealkylation sites (N-methyl/N-ethyl adjacent to an activating group) is 1. The van der Waals surface area contributed by atoms with Gasteiger partial charge in [0.25, 0.3) is 0 Å². The van der Waals surface area contributed by atoms with Gasteiger partial charge in [0.1, 0.15) is 40.6 Å². The lowest BCUT2D eigenvalue weighted by atomic mass is 9.92. The zero-order valence-electron chi connectivity index (χ0n) is 23.6. The number of methoxy groups -OCH3 is 1. The summed E-state index contributed by atoms with van der Waals surface area (Å²) in [6, 6.07) is 5.85. The zero-order valence-corrected chi connectivity index (χ0v) is 23.6. The number of phenolic OH excluding ortho intramolecular Hbond substituents is 1. The highest BCUT2D eigenvalue weighted by Crippen LogP contribution is 2.41. The van der Waals surface area contributed by atoms with Crippen LogP contribution in [0.15, 0.2) is 24.3 Å². The molecule has 40 heavy (non-hydrogen) atoms. The molecule has 0 spiro atoms. The SMILES string of the molecule is CCCC1(COc2nc(NC)c3c(OC)nc(-c4cc(O)cc5ccc(F)c(CC)c45)c(F)c3n2)CCCN1C. The molecular weight excluding hydrogens is 516 g/mol. The normalized spacial score (nSPS) is 17.6. The maximum absolute atomic E-state index is 16.5. The number of pyridine rings is 1. The van der Waals surface area contributed by atoms with Crippen molar-refractivity contribution in [1.29, 1.82) is 0 Å². The van der Waals surface area contributed by atoms with E-state index in [2.05, 4.69) is 39.1 Å². The van der Waals surface area contributed by atoms with E-state index >= 15 is 4.39 Å². The third-order valence-electron chi connectivity index (χ3n) is 8.05. The number of anilines is 1. The van der Waals surface area contributed by atoms with Crippen LogP contribution in [0.4, 0.5) is 14.6 Å².